The number of aromatic nitrogens is 1. The van der Waals surface area contributed by atoms with E-state index >= 15 is 0 Å². The minimum absolute atomic E-state index is 0.345. The van der Waals surface area contributed by atoms with Gasteiger partial charge in [-0.05, 0) is 30.7 Å². The molecule has 2 rings (SSSR count). The number of ether oxygens (including phenoxy) is 1. The zero-order valence-corrected chi connectivity index (χ0v) is 12.8. The van der Waals surface area contributed by atoms with Crippen molar-refractivity contribution in [3.05, 3.63) is 57.7 Å². The van der Waals surface area contributed by atoms with Crippen LogP contribution in [0.15, 0.2) is 40.9 Å². The van der Waals surface area contributed by atoms with Crippen molar-refractivity contribution in [2.75, 3.05) is 0 Å². The Hall–Kier alpha value is -1.46. The first-order chi connectivity index (χ1) is 9.04. The maximum Gasteiger partial charge on any atom is 0.214 e. The number of nitrogens with zero attached hydrogens (tertiary/aromatic N) is 1. The fourth-order valence-corrected chi connectivity index (χ4v) is 2.20. The van der Waals surface area contributed by atoms with E-state index in [1.807, 2.05) is 37.3 Å². The molecule has 0 spiro atoms. The smallest absolute Gasteiger partial charge is 0.214 e. The van der Waals surface area contributed by atoms with Crippen molar-refractivity contribution >= 4 is 33.1 Å². The second-order valence-electron chi connectivity index (χ2n) is 4.12. The van der Waals surface area contributed by atoms with Gasteiger partial charge in [-0.25, -0.2) is 4.98 Å². The van der Waals surface area contributed by atoms with Crippen molar-refractivity contribution in [1.29, 1.82) is 0 Å². The van der Waals surface area contributed by atoms with E-state index in [1.54, 1.807) is 6.07 Å². The van der Waals surface area contributed by atoms with Gasteiger partial charge < -0.3 is 10.5 Å². The molecule has 1 aromatic heterocycles. The molecule has 0 unspecified atom stereocenters. The molecule has 1 heterocycles. The quantitative estimate of drug-likeness (QED) is 0.869. The number of aryl methyl sites for hydroxylation is 1. The summed E-state index contributed by atoms with van der Waals surface area (Å²) in [6, 6.07) is 11.5. The zero-order valence-electron chi connectivity index (χ0n) is 10.4. The Morgan fingerprint density at radius 3 is 2.84 bits per heavy atom. The van der Waals surface area contributed by atoms with Crippen LogP contribution >= 0.6 is 28.1 Å². The fourth-order valence-electron chi connectivity index (χ4n) is 1.64. The van der Waals surface area contributed by atoms with Crippen molar-refractivity contribution in [3.63, 3.8) is 0 Å². The normalized spacial score (nSPS) is 10.2. The van der Waals surface area contributed by atoms with Gasteiger partial charge >= 0.3 is 0 Å². The number of thiocarbonyl (C=S) groups is 1. The summed E-state index contributed by atoms with van der Waals surface area (Å²) in [5, 5.41) is 0. The number of benzene rings is 1. The minimum atomic E-state index is 0.345. The summed E-state index contributed by atoms with van der Waals surface area (Å²) in [5.74, 6) is 0.530. The SMILES string of the molecule is Cc1cc(C(N)=S)cc(OCc2cccc(Br)c2)n1. The molecule has 0 saturated carbocycles. The van der Waals surface area contributed by atoms with E-state index < -0.39 is 0 Å². The van der Waals surface area contributed by atoms with Crippen LogP contribution in [0, 0.1) is 6.92 Å². The van der Waals surface area contributed by atoms with Gasteiger partial charge in [-0.15, -0.1) is 0 Å². The second-order valence-corrected chi connectivity index (χ2v) is 5.47. The van der Waals surface area contributed by atoms with Crippen molar-refractivity contribution < 1.29 is 4.74 Å². The molecule has 98 valence electrons. The Kier molecular flexibility index (Phi) is 4.50. The molecule has 19 heavy (non-hydrogen) atoms. The minimum Gasteiger partial charge on any atom is -0.473 e. The Morgan fingerprint density at radius 2 is 2.16 bits per heavy atom. The van der Waals surface area contributed by atoms with Gasteiger partial charge in [-0.1, -0.05) is 40.3 Å². The number of pyridine rings is 1. The van der Waals surface area contributed by atoms with Gasteiger partial charge in [0, 0.05) is 21.8 Å². The molecule has 0 atom stereocenters. The molecule has 0 fully saturated rings. The van der Waals surface area contributed by atoms with Gasteiger partial charge in [0.05, 0.1) is 0 Å². The van der Waals surface area contributed by atoms with E-state index in [0.717, 1.165) is 21.3 Å². The summed E-state index contributed by atoms with van der Waals surface area (Å²) < 4.78 is 6.69. The molecule has 0 saturated heterocycles. The van der Waals surface area contributed by atoms with Crippen LogP contribution in [0.4, 0.5) is 0 Å². The molecular weight excluding hydrogens is 324 g/mol. The van der Waals surface area contributed by atoms with Crippen LogP contribution in [0.3, 0.4) is 0 Å². The Morgan fingerprint density at radius 1 is 1.37 bits per heavy atom. The maximum absolute atomic E-state index is 5.67. The summed E-state index contributed by atoms with van der Waals surface area (Å²) in [6.45, 7) is 2.33. The molecule has 3 nitrogen and oxygen atoms in total. The van der Waals surface area contributed by atoms with E-state index in [-0.39, 0.29) is 0 Å². The fraction of sp³-hybridized carbons (Fsp3) is 0.143. The highest BCUT2D eigenvalue weighted by atomic mass is 79.9. The van der Waals surface area contributed by atoms with E-state index in [9.17, 15) is 0 Å². The first kappa shape index (κ1) is 14.0. The van der Waals surface area contributed by atoms with Gasteiger partial charge in [0.15, 0.2) is 0 Å². The lowest BCUT2D eigenvalue weighted by Gasteiger charge is -2.08. The summed E-state index contributed by atoms with van der Waals surface area (Å²) in [5.41, 5.74) is 8.28. The van der Waals surface area contributed by atoms with E-state index in [0.29, 0.717) is 17.5 Å². The van der Waals surface area contributed by atoms with Crippen LogP contribution in [-0.4, -0.2) is 9.97 Å². The number of hydrogen-bond donors (Lipinski definition) is 1. The number of nitrogens with two attached hydrogens (primary N) is 1. The summed E-state index contributed by atoms with van der Waals surface area (Å²) in [7, 11) is 0. The molecule has 0 aliphatic heterocycles. The number of rotatable bonds is 4. The molecule has 0 bridgehead atoms. The van der Waals surface area contributed by atoms with Gasteiger partial charge in [-0.2, -0.15) is 0 Å². The average molecular weight is 337 g/mol. The van der Waals surface area contributed by atoms with Crippen LogP contribution in [0.25, 0.3) is 0 Å². The molecule has 2 N–H and O–H groups in total. The zero-order chi connectivity index (χ0) is 13.8. The molecular formula is C14H13BrN2OS. The highest BCUT2D eigenvalue weighted by molar-refractivity contribution is 9.10. The summed E-state index contributed by atoms with van der Waals surface area (Å²) in [4.78, 5) is 4.65. The molecule has 1 aromatic carbocycles. The standard InChI is InChI=1S/C14H13BrN2OS/c1-9-5-11(14(16)19)7-13(17-9)18-8-10-3-2-4-12(15)6-10/h2-7H,8H2,1H3,(H2,16,19). The number of hydrogen-bond acceptors (Lipinski definition) is 3. The lowest BCUT2D eigenvalue weighted by Crippen LogP contribution is -2.10. The second kappa shape index (κ2) is 6.12. The van der Waals surface area contributed by atoms with Gasteiger partial charge in [0.1, 0.15) is 11.6 Å². The van der Waals surface area contributed by atoms with Crippen LogP contribution in [0.1, 0.15) is 16.8 Å². The molecule has 0 aliphatic rings. The predicted octanol–water partition coefficient (Wildman–Crippen LogP) is 3.37. The lowest BCUT2D eigenvalue weighted by molar-refractivity contribution is 0.293. The van der Waals surface area contributed by atoms with E-state index in [4.69, 9.17) is 22.7 Å². The first-order valence-corrected chi connectivity index (χ1v) is 6.90. The van der Waals surface area contributed by atoms with Crippen molar-refractivity contribution in [2.24, 2.45) is 5.73 Å². The van der Waals surface area contributed by atoms with Crippen LogP contribution in [-0.2, 0) is 6.61 Å². The summed E-state index contributed by atoms with van der Waals surface area (Å²) >= 11 is 8.39. The van der Waals surface area contributed by atoms with Gasteiger partial charge in [0.2, 0.25) is 5.88 Å². The molecule has 0 radical (unpaired) electrons. The van der Waals surface area contributed by atoms with Crippen LogP contribution in [0.2, 0.25) is 0 Å². The topological polar surface area (TPSA) is 48.1 Å². The third-order valence-corrected chi connectivity index (χ3v) is 3.22. The Balaban J connectivity index is 2.13. The average Bonchev–Trinajstić information content (AvgIpc) is 2.36. The monoisotopic (exact) mass is 336 g/mol. The van der Waals surface area contributed by atoms with Crippen molar-refractivity contribution in [2.45, 2.75) is 13.5 Å². The van der Waals surface area contributed by atoms with E-state index in [2.05, 4.69) is 20.9 Å². The maximum atomic E-state index is 5.67. The molecule has 0 amide bonds. The largest absolute Gasteiger partial charge is 0.473 e. The lowest BCUT2D eigenvalue weighted by atomic mass is 10.2. The Labute approximate surface area is 125 Å². The Bertz CT molecular complexity index is 616. The summed E-state index contributed by atoms with van der Waals surface area (Å²) in [6.07, 6.45) is 0. The van der Waals surface area contributed by atoms with E-state index in [1.165, 1.54) is 0 Å². The van der Waals surface area contributed by atoms with Crippen molar-refractivity contribution in [1.82, 2.24) is 4.98 Å². The van der Waals surface area contributed by atoms with Gasteiger partial charge in [0.25, 0.3) is 0 Å². The first-order valence-electron chi connectivity index (χ1n) is 5.70. The third-order valence-electron chi connectivity index (χ3n) is 2.49. The highest BCUT2D eigenvalue weighted by Crippen LogP contribution is 2.16. The molecule has 5 heteroatoms. The predicted molar refractivity (Wildman–Crippen MR) is 83.3 cm³/mol. The molecule has 0 aliphatic carbocycles. The van der Waals surface area contributed by atoms with Crippen LogP contribution in [0.5, 0.6) is 5.88 Å². The van der Waals surface area contributed by atoms with Crippen molar-refractivity contribution in [3.8, 4) is 5.88 Å². The molecule has 2 aromatic rings. The number of halogens is 1. The highest BCUT2D eigenvalue weighted by Gasteiger charge is 2.04. The van der Waals surface area contributed by atoms with Gasteiger partial charge in [-0.3, -0.25) is 0 Å². The van der Waals surface area contributed by atoms with Crippen LogP contribution < -0.4 is 10.5 Å². The third kappa shape index (κ3) is 4.01.